The van der Waals surface area contributed by atoms with Gasteiger partial charge in [0, 0.05) is 24.1 Å². The first kappa shape index (κ1) is 13.2. The first-order chi connectivity index (χ1) is 9.03. The Kier molecular flexibility index (Phi) is 3.44. The van der Waals surface area contributed by atoms with E-state index in [0.717, 1.165) is 25.3 Å². The fourth-order valence-corrected chi connectivity index (χ4v) is 3.61. The SMILES string of the molecule is Cc1cc2c(o1)CC(C)(C)CC2NC1CCNCC1. The lowest BCUT2D eigenvalue weighted by Crippen LogP contribution is -2.43. The second-order valence-electron chi connectivity index (χ2n) is 7.02. The molecule has 19 heavy (non-hydrogen) atoms. The van der Waals surface area contributed by atoms with Crippen molar-refractivity contribution in [2.45, 2.75) is 58.5 Å². The second-order valence-corrected chi connectivity index (χ2v) is 7.02. The van der Waals surface area contributed by atoms with Crippen LogP contribution in [0.25, 0.3) is 0 Å². The van der Waals surface area contributed by atoms with Gasteiger partial charge >= 0.3 is 0 Å². The molecular formula is C16H26N2O. The van der Waals surface area contributed by atoms with E-state index >= 15 is 0 Å². The first-order valence-corrected chi connectivity index (χ1v) is 7.59. The highest BCUT2D eigenvalue weighted by molar-refractivity contribution is 5.29. The van der Waals surface area contributed by atoms with Crippen LogP contribution in [0.15, 0.2) is 10.5 Å². The van der Waals surface area contributed by atoms with Gasteiger partial charge in [-0.05, 0) is 50.8 Å². The van der Waals surface area contributed by atoms with Crippen LogP contribution in [-0.2, 0) is 6.42 Å². The molecule has 2 aliphatic rings. The van der Waals surface area contributed by atoms with Gasteiger partial charge in [0.25, 0.3) is 0 Å². The van der Waals surface area contributed by atoms with E-state index in [1.165, 1.54) is 30.6 Å². The van der Waals surface area contributed by atoms with Crippen molar-refractivity contribution in [1.29, 1.82) is 0 Å². The standard InChI is InChI=1S/C16H26N2O/c1-11-8-13-14(18-12-4-6-17-7-5-12)9-16(2,3)10-15(13)19-11/h8,12,14,17-18H,4-7,9-10H2,1-3H3. The average molecular weight is 262 g/mol. The summed E-state index contributed by atoms with van der Waals surface area (Å²) in [5.41, 5.74) is 1.75. The molecule has 3 nitrogen and oxygen atoms in total. The van der Waals surface area contributed by atoms with Gasteiger partial charge in [0.2, 0.25) is 0 Å². The Morgan fingerprint density at radius 3 is 2.79 bits per heavy atom. The quantitative estimate of drug-likeness (QED) is 0.860. The summed E-state index contributed by atoms with van der Waals surface area (Å²) in [7, 11) is 0. The molecule has 0 radical (unpaired) electrons. The van der Waals surface area contributed by atoms with Gasteiger partial charge in [-0.3, -0.25) is 0 Å². The minimum atomic E-state index is 0.335. The Morgan fingerprint density at radius 1 is 1.32 bits per heavy atom. The molecule has 1 atom stereocenters. The van der Waals surface area contributed by atoms with Crippen LogP contribution in [0, 0.1) is 12.3 Å². The predicted molar refractivity (Wildman–Crippen MR) is 77.3 cm³/mol. The Hall–Kier alpha value is -0.800. The van der Waals surface area contributed by atoms with E-state index in [-0.39, 0.29) is 0 Å². The van der Waals surface area contributed by atoms with Crippen molar-refractivity contribution >= 4 is 0 Å². The molecular weight excluding hydrogens is 236 g/mol. The molecule has 3 heteroatoms. The maximum Gasteiger partial charge on any atom is 0.109 e. The monoisotopic (exact) mass is 262 g/mol. The van der Waals surface area contributed by atoms with E-state index in [4.69, 9.17) is 4.42 Å². The molecule has 0 bridgehead atoms. The molecule has 0 saturated carbocycles. The third-order valence-electron chi connectivity index (χ3n) is 4.51. The van der Waals surface area contributed by atoms with Gasteiger partial charge in [-0.15, -0.1) is 0 Å². The van der Waals surface area contributed by atoms with E-state index in [1.807, 2.05) is 0 Å². The number of rotatable bonds is 2. The first-order valence-electron chi connectivity index (χ1n) is 7.59. The van der Waals surface area contributed by atoms with Crippen LogP contribution >= 0.6 is 0 Å². The van der Waals surface area contributed by atoms with Crippen molar-refractivity contribution < 1.29 is 4.42 Å². The zero-order valence-corrected chi connectivity index (χ0v) is 12.4. The number of furan rings is 1. The smallest absolute Gasteiger partial charge is 0.109 e. The summed E-state index contributed by atoms with van der Waals surface area (Å²) in [5.74, 6) is 2.26. The van der Waals surface area contributed by atoms with E-state index in [1.54, 1.807) is 0 Å². The topological polar surface area (TPSA) is 37.2 Å². The molecule has 0 spiro atoms. The molecule has 0 aromatic carbocycles. The maximum absolute atomic E-state index is 5.91. The Labute approximate surface area is 116 Å². The van der Waals surface area contributed by atoms with Gasteiger partial charge in [0.1, 0.15) is 11.5 Å². The van der Waals surface area contributed by atoms with Gasteiger partial charge in [-0.25, -0.2) is 0 Å². The molecule has 0 amide bonds. The van der Waals surface area contributed by atoms with Crippen molar-refractivity contribution in [3.63, 3.8) is 0 Å². The lowest BCUT2D eigenvalue weighted by Gasteiger charge is -2.37. The van der Waals surface area contributed by atoms with Gasteiger partial charge in [0.15, 0.2) is 0 Å². The van der Waals surface area contributed by atoms with Crippen LogP contribution in [0.3, 0.4) is 0 Å². The van der Waals surface area contributed by atoms with Gasteiger partial charge in [-0.1, -0.05) is 13.8 Å². The largest absolute Gasteiger partial charge is 0.466 e. The van der Waals surface area contributed by atoms with E-state index in [2.05, 4.69) is 37.5 Å². The van der Waals surface area contributed by atoms with Gasteiger partial charge in [0.05, 0.1) is 0 Å². The zero-order chi connectivity index (χ0) is 13.5. The fourth-order valence-electron chi connectivity index (χ4n) is 3.61. The van der Waals surface area contributed by atoms with Crippen molar-refractivity contribution in [2.24, 2.45) is 5.41 Å². The molecule has 3 rings (SSSR count). The molecule has 2 heterocycles. The molecule has 1 fully saturated rings. The minimum absolute atomic E-state index is 0.335. The zero-order valence-electron chi connectivity index (χ0n) is 12.4. The van der Waals surface area contributed by atoms with Crippen molar-refractivity contribution in [2.75, 3.05) is 13.1 Å². The van der Waals surface area contributed by atoms with Gasteiger partial charge < -0.3 is 15.1 Å². The second kappa shape index (κ2) is 4.95. The summed E-state index contributed by atoms with van der Waals surface area (Å²) < 4.78 is 5.91. The number of fused-ring (bicyclic) bond motifs is 1. The molecule has 2 N–H and O–H groups in total. The molecule has 1 aliphatic carbocycles. The normalized spacial score (nSPS) is 27.2. The summed E-state index contributed by atoms with van der Waals surface area (Å²) in [6.07, 6.45) is 4.76. The van der Waals surface area contributed by atoms with Crippen molar-refractivity contribution in [3.05, 3.63) is 23.2 Å². The summed E-state index contributed by atoms with van der Waals surface area (Å²) in [5, 5.41) is 7.32. The third kappa shape index (κ3) is 2.87. The third-order valence-corrected chi connectivity index (χ3v) is 4.51. The number of hydrogen-bond donors (Lipinski definition) is 2. The summed E-state index contributed by atoms with van der Waals surface area (Å²) >= 11 is 0. The van der Waals surface area contributed by atoms with Crippen LogP contribution < -0.4 is 10.6 Å². The van der Waals surface area contributed by atoms with E-state index < -0.39 is 0 Å². The average Bonchev–Trinajstić information content (AvgIpc) is 2.69. The molecule has 1 aromatic heterocycles. The Morgan fingerprint density at radius 2 is 2.05 bits per heavy atom. The highest BCUT2D eigenvalue weighted by Gasteiger charge is 2.35. The predicted octanol–water partition coefficient (Wildman–Crippen LogP) is 2.94. The van der Waals surface area contributed by atoms with E-state index in [0.29, 0.717) is 17.5 Å². The summed E-state index contributed by atoms with van der Waals surface area (Å²) in [6.45, 7) is 9.05. The van der Waals surface area contributed by atoms with Crippen LogP contribution in [0.2, 0.25) is 0 Å². The molecule has 1 unspecified atom stereocenters. The summed E-state index contributed by atoms with van der Waals surface area (Å²) in [4.78, 5) is 0. The van der Waals surface area contributed by atoms with Crippen LogP contribution in [0.5, 0.6) is 0 Å². The Bertz CT molecular complexity index is 444. The number of aryl methyl sites for hydroxylation is 1. The minimum Gasteiger partial charge on any atom is -0.466 e. The van der Waals surface area contributed by atoms with Crippen LogP contribution in [0.1, 0.15) is 56.2 Å². The molecule has 1 aliphatic heterocycles. The van der Waals surface area contributed by atoms with E-state index in [9.17, 15) is 0 Å². The van der Waals surface area contributed by atoms with Gasteiger partial charge in [-0.2, -0.15) is 0 Å². The molecule has 106 valence electrons. The van der Waals surface area contributed by atoms with Crippen molar-refractivity contribution in [1.82, 2.24) is 10.6 Å². The maximum atomic E-state index is 5.91. The van der Waals surface area contributed by atoms with Crippen LogP contribution in [0.4, 0.5) is 0 Å². The highest BCUT2D eigenvalue weighted by atomic mass is 16.3. The summed E-state index contributed by atoms with van der Waals surface area (Å²) in [6, 6.07) is 3.37. The van der Waals surface area contributed by atoms with Crippen LogP contribution in [-0.4, -0.2) is 19.1 Å². The number of piperidine rings is 1. The molecule has 1 aromatic rings. The Balaban J connectivity index is 1.79. The molecule has 1 saturated heterocycles. The van der Waals surface area contributed by atoms with Crippen molar-refractivity contribution in [3.8, 4) is 0 Å². The fraction of sp³-hybridized carbons (Fsp3) is 0.750. The lowest BCUT2D eigenvalue weighted by molar-refractivity contribution is 0.215. The number of nitrogens with one attached hydrogen (secondary N) is 2. The number of hydrogen-bond acceptors (Lipinski definition) is 3. The lowest BCUT2D eigenvalue weighted by atomic mass is 9.74. The highest BCUT2D eigenvalue weighted by Crippen LogP contribution is 2.42.